The van der Waals surface area contributed by atoms with E-state index in [1.54, 1.807) is 0 Å². The maximum absolute atomic E-state index is 5.84. The number of rotatable bonds is 3. The number of halogens is 1. The predicted molar refractivity (Wildman–Crippen MR) is 67.4 cm³/mol. The molecule has 0 atom stereocenters. The van der Waals surface area contributed by atoms with E-state index >= 15 is 0 Å². The van der Waals surface area contributed by atoms with Gasteiger partial charge in [0.1, 0.15) is 0 Å². The summed E-state index contributed by atoms with van der Waals surface area (Å²) in [5.41, 5.74) is 4.71. The highest BCUT2D eigenvalue weighted by molar-refractivity contribution is 6.30. The molecule has 0 saturated carbocycles. The van der Waals surface area contributed by atoms with Crippen LogP contribution in [-0.2, 0) is 6.54 Å². The van der Waals surface area contributed by atoms with Crippen molar-refractivity contribution in [2.75, 3.05) is 33.2 Å². The molecular formula is C12H18ClN3. The van der Waals surface area contributed by atoms with Gasteiger partial charge in [-0.05, 0) is 24.7 Å². The minimum atomic E-state index is 0.795. The summed E-state index contributed by atoms with van der Waals surface area (Å²) in [4.78, 5) is 2.35. The second-order valence-electron chi connectivity index (χ2n) is 4.25. The van der Waals surface area contributed by atoms with E-state index in [4.69, 9.17) is 11.6 Å². The third-order valence-electron chi connectivity index (χ3n) is 2.92. The van der Waals surface area contributed by atoms with Crippen molar-refractivity contribution in [1.29, 1.82) is 0 Å². The fourth-order valence-electron chi connectivity index (χ4n) is 1.77. The summed E-state index contributed by atoms with van der Waals surface area (Å²) < 4.78 is 0. The van der Waals surface area contributed by atoms with Gasteiger partial charge in [-0.15, -0.1) is 0 Å². The van der Waals surface area contributed by atoms with Crippen LogP contribution in [0.25, 0.3) is 0 Å². The van der Waals surface area contributed by atoms with Crippen LogP contribution in [0.3, 0.4) is 0 Å². The molecule has 0 radical (unpaired) electrons. The zero-order valence-electron chi connectivity index (χ0n) is 9.62. The molecular weight excluding hydrogens is 222 g/mol. The van der Waals surface area contributed by atoms with Crippen LogP contribution in [0.5, 0.6) is 0 Å². The molecule has 0 amide bonds. The standard InChI is InChI=1S/C12H18ClN3/c1-15-6-8-16(9-7-15)14-10-11-2-4-12(13)5-3-11/h2-5,14H,6-10H2,1H3. The lowest BCUT2D eigenvalue weighted by molar-refractivity contribution is 0.102. The molecule has 0 aliphatic carbocycles. The normalized spacial score (nSPS) is 18.9. The first-order chi connectivity index (χ1) is 7.74. The van der Waals surface area contributed by atoms with Gasteiger partial charge in [0.05, 0.1) is 0 Å². The number of piperazine rings is 1. The van der Waals surface area contributed by atoms with E-state index in [2.05, 4.69) is 34.5 Å². The molecule has 0 aromatic heterocycles. The molecule has 1 N–H and O–H groups in total. The largest absolute Gasteiger partial charge is 0.304 e. The molecule has 16 heavy (non-hydrogen) atoms. The van der Waals surface area contributed by atoms with Gasteiger partial charge in [-0.3, -0.25) is 5.43 Å². The Morgan fingerprint density at radius 2 is 1.75 bits per heavy atom. The highest BCUT2D eigenvalue weighted by Crippen LogP contribution is 2.09. The van der Waals surface area contributed by atoms with Crippen molar-refractivity contribution in [3.8, 4) is 0 Å². The summed E-state index contributed by atoms with van der Waals surface area (Å²) in [5, 5.41) is 3.08. The number of likely N-dealkylation sites (N-methyl/N-ethyl adjacent to an activating group) is 1. The van der Waals surface area contributed by atoms with E-state index in [-0.39, 0.29) is 0 Å². The molecule has 1 aromatic rings. The lowest BCUT2D eigenvalue weighted by atomic mass is 10.2. The van der Waals surface area contributed by atoms with Crippen molar-refractivity contribution in [3.63, 3.8) is 0 Å². The molecule has 88 valence electrons. The quantitative estimate of drug-likeness (QED) is 0.865. The van der Waals surface area contributed by atoms with Crippen LogP contribution in [-0.4, -0.2) is 43.1 Å². The van der Waals surface area contributed by atoms with Gasteiger partial charge in [0, 0.05) is 37.7 Å². The first-order valence-corrected chi connectivity index (χ1v) is 6.03. The lowest BCUT2D eigenvalue weighted by Crippen LogP contribution is -2.50. The maximum Gasteiger partial charge on any atom is 0.0406 e. The van der Waals surface area contributed by atoms with Crippen LogP contribution in [0.2, 0.25) is 5.02 Å². The molecule has 2 rings (SSSR count). The van der Waals surface area contributed by atoms with Crippen LogP contribution < -0.4 is 5.43 Å². The minimum Gasteiger partial charge on any atom is -0.304 e. The van der Waals surface area contributed by atoms with Gasteiger partial charge in [0.15, 0.2) is 0 Å². The first kappa shape index (κ1) is 11.9. The maximum atomic E-state index is 5.84. The summed E-state index contributed by atoms with van der Waals surface area (Å²) in [6.45, 7) is 5.32. The molecule has 0 unspecified atom stereocenters. The Kier molecular flexibility index (Phi) is 4.18. The average Bonchev–Trinajstić information content (AvgIpc) is 2.30. The van der Waals surface area contributed by atoms with Crippen molar-refractivity contribution in [1.82, 2.24) is 15.3 Å². The Balaban J connectivity index is 1.77. The Labute approximate surface area is 102 Å². The van der Waals surface area contributed by atoms with E-state index in [0.29, 0.717) is 0 Å². The molecule has 1 aliphatic rings. The van der Waals surface area contributed by atoms with Crippen molar-refractivity contribution in [2.24, 2.45) is 0 Å². The zero-order chi connectivity index (χ0) is 11.4. The van der Waals surface area contributed by atoms with Crippen LogP contribution >= 0.6 is 11.6 Å². The fraction of sp³-hybridized carbons (Fsp3) is 0.500. The minimum absolute atomic E-state index is 0.795. The van der Waals surface area contributed by atoms with Gasteiger partial charge >= 0.3 is 0 Å². The topological polar surface area (TPSA) is 18.5 Å². The van der Waals surface area contributed by atoms with Crippen molar-refractivity contribution in [3.05, 3.63) is 34.9 Å². The Morgan fingerprint density at radius 3 is 2.38 bits per heavy atom. The highest BCUT2D eigenvalue weighted by Gasteiger charge is 2.12. The van der Waals surface area contributed by atoms with Crippen molar-refractivity contribution >= 4 is 11.6 Å². The summed E-state index contributed by atoms with van der Waals surface area (Å²) in [6, 6.07) is 7.99. The molecule has 1 aliphatic heterocycles. The van der Waals surface area contributed by atoms with Crippen LogP contribution in [0.4, 0.5) is 0 Å². The molecule has 1 saturated heterocycles. The second-order valence-corrected chi connectivity index (χ2v) is 4.69. The van der Waals surface area contributed by atoms with Gasteiger partial charge < -0.3 is 4.90 Å². The van der Waals surface area contributed by atoms with E-state index in [9.17, 15) is 0 Å². The monoisotopic (exact) mass is 239 g/mol. The Bertz CT molecular complexity index is 318. The SMILES string of the molecule is CN1CCN(NCc2ccc(Cl)cc2)CC1. The fourth-order valence-corrected chi connectivity index (χ4v) is 1.90. The highest BCUT2D eigenvalue weighted by atomic mass is 35.5. The van der Waals surface area contributed by atoms with Gasteiger partial charge in [0.2, 0.25) is 0 Å². The first-order valence-electron chi connectivity index (χ1n) is 5.65. The number of hydrogen-bond acceptors (Lipinski definition) is 3. The Morgan fingerprint density at radius 1 is 1.12 bits per heavy atom. The predicted octanol–water partition coefficient (Wildman–Crippen LogP) is 1.59. The van der Waals surface area contributed by atoms with Gasteiger partial charge in [-0.2, -0.15) is 0 Å². The van der Waals surface area contributed by atoms with Gasteiger partial charge in [0.25, 0.3) is 0 Å². The molecule has 1 aromatic carbocycles. The second kappa shape index (κ2) is 5.64. The summed E-state index contributed by atoms with van der Waals surface area (Å²) in [5.74, 6) is 0. The number of nitrogens with one attached hydrogen (secondary N) is 1. The smallest absolute Gasteiger partial charge is 0.0406 e. The Hall–Kier alpha value is -0.610. The molecule has 4 heteroatoms. The van der Waals surface area contributed by atoms with Crippen molar-refractivity contribution in [2.45, 2.75) is 6.54 Å². The van der Waals surface area contributed by atoms with E-state index in [0.717, 1.165) is 37.7 Å². The number of hydrogen-bond donors (Lipinski definition) is 1. The lowest BCUT2D eigenvalue weighted by Gasteiger charge is -2.32. The molecule has 0 bridgehead atoms. The van der Waals surface area contributed by atoms with Gasteiger partial charge in [-0.25, -0.2) is 5.01 Å². The van der Waals surface area contributed by atoms with E-state index < -0.39 is 0 Å². The molecule has 1 heterocycles. The number of hydrazine groups is 1. The third kappa shape index (κ3) is 3.46. The van der Waals surface area contributed by atoms with E-state index in [1.165, 1.54) is 5.56 Å². The van der Waals surface area contributed by atoms with Crippen LogP contribution in [0.1, 0.15) is 5.56 Å². The van der Waals surface area contributed by atoms with Gasteiger partial charge in [-0.1, -0.05) is 23.7 Å². The number of benzene rings is 1. The molecule has 0 spiro atoms. The van der Waals surface area contributed by atoms with Crippen molar-refractivity contribution < 1.29 is 0 Å². The summed E-state index contributed by atoms with van der Waals surface area (Å²) in [6.07, 6.45) is 0. The number of nitrogens with zero attached hydrogens (tertiary/aromatic N) is 2. The zero-order valence-corrected chi connectivity index (χ0v) is 10.4. The van der Waals surface area contributed by atoms with E-state index in [1.807, 2.05) is 12.1 Å². The van der Waals surface area contributed by atoms with Crippen LogP contribution in [0, 0.1) is 0 Å². The summed E-state index contributed by atoms with van der Waals surface area (Å²) in [7, 11) is 2.16. The molecule has 1 fully saturated rings. The molecule has 3 nitrogen and oxygen atoms in total. The third-order valence-corrected chi connectivity index (χ3v) is 3.18. The summed E-state index contributed by atoms with van der Waals surface area (Å²) >= 11 is 5.84. The average molecular weight is 240 g/mol. The van der Waals surface area contributed by atoms with Crippen LogP contribution in [0.15, 0.2) is 24.3 Å².